The predicted molar refractivity (Wildman–Crippen MR) is 105 cm³/mol. The van der Waals surface area contributed by atoms with Crippen molar-refractivity contribution in [1.29, 1.82) is 0 Å². The lowest BCUT2D eigenvalue weighted by atomic mass is 10.1. The summed E-state index contributed by atoms with van der Waals surface area (Å²) < 4.78 is 0. The SMILES string of the molecule is CCNC(=O)c1cccc(CN=C(NCC)NC2CC2C)c1.I. The first kappa shape index (κ1) is 19.7. The minimum absolute atomic E-state index is 0. The zero-order valence-electron chi connectivity index (χ0n) is 14.1. The molecule has 2 unspecified atom stereocenters. The van der Waals surface area contributed by atoms with E-state index in [1.54, 1.807) is 0 Å². The van der Waals surface area contributed by atoms with Gasteiger partial charge in [-0.2, -0.15) is 0 Å². The average Bonchev–Trinajstić information content (AvgIpc) is 3.21. The maximum atomic E-state index is 11.9. The van der Waals surface area contributed by atoms with Crippen LogP contribution in [0, 0.1) is 5.92 Å². The maximum absolute atomic E-state index is 11.9. The number of rotatable bonds is 6. The van der Waals surface area contributed by atoms with Crippen LogP contribution in [0.4, 0.5) is 0 Å². The zero-order chi connectivity index (χ0) is 15.9. The van der Waals surface area contributed by atoms with Crippen LogP contribution in [-0.4, -0.2) is 31.0 Å². The number of benzene rings is 1. The van der Waals surface area contributed by atoms with Gasteiger partial charge in [0.15, 0.2) is 5.96 Å². The molecule has 5 nitrogen and oxygen atoms in total. The van der Waals surface area contributed by atoms with Gasteiger partial charge in [-0.05, 0) is 43.9 Å². The minimum Gasteiger partial charge on any atom is -0.357 e. The van der Waals surface area contributed by atoms with E-state index in [1.807, 2.05) is 31.2 Å². The topological polar surface area (TPSA) is 65.5 Å². The van der Waals surface area contributed by atoms with Crippen LogP contribution in [0.3, 0.4) is 0 Å². The van der Waals surface area contributed by atoms with Crippen molar-refractivity contribution >= 4 is 35.8 Å². The number of aliphatic imine (C=N–C) groups is 1. The Morgan fingerprint density at radius 3 is 2.57 bits per heavy atom. The van der Waals surface area contributed by atoms with Crippen molar-refractivity contribution in [2.24, 2.45) is 10.9 Å². The highest BCUT2D eigenvalue weighted by Gasteiger charge is 2.33. The van der Waals surface area contributed by atoms with Crippen LogP contribution >= 0.6 is 24.0 Å². The molecule has 0 aliphatic heterocycles. The molecule has 23 heavy (non-hydrogen) atoms. The molecule has 0 aromatic heterocycles. The van der Waals surface area contributed by atoms with Crippen molar-refractivity contribution in [2.45, 2.75) is 39.8 Å². The molecule has 3 N–H and O–H groups in total. The summed E-state index contributed by atoms with van der Waals surface area (Å²) in [4.78, 5) is 16.5. The lowest BCUT2D eigenvalue weighted by molar-refractivity contribution is 0.0955. The van der Waals surface area contributed by atoms with Gasteiger partial charge in [0.05, 0.1) is 6.54 Å². The molecule has 2 atom stereocenters. The number of halogens is 1. The molecule has 6 heteroatoms. The summed E-state index contributed by atoms with van der Waals surface area (Å²) in [7, 11) is 0. The van der Waals surface area contributed by atoms with Crippen molar-refractivity contribution in [3.8, 4) is 0 Å². The molecule has 1 aromatic carbocycles. The molecular weight excluding hydrogens is 403 g/mol. The van der Waals surface area contributed by atoms with E-state index in [1.165, 1.54) is 6.42 Å². The fourth-order valence-electron chi connectivity index (χ4n) is 2.26. The second kappa shape index (κ2) is 9.75. The first-order valence-corrected chi connectivity index (χ1v) is 8.06. The lowest BCUT2D eigenvalue weighted by Crippen LogP contribution is -2.39. The van der Waals surface area contributed by atoms with E-state index >= 15 is 0 Å². The van der Waals surface area contributed by atoms with Crippen molar-refractivity contribution in [3.63, 3.8) is 0 Å². The van der Waals surface area contributed by atoms with Crippen LogP contribution in [0.5, 0.6) is 0 Å². The molecule has 1 saturated carbocycles. The van der Waals surface area contributed by atoms with Crippen LogP contribution in [0.15, 0.2) is 29.3 Å². The van der Waals surface area contributed by atoms with E-state index in [0.29, 0.717) is 24.7 Å². The number of amides is 1. The number of nitrogens with one attached hydrogen (secondary N) is 3. The van der Waals surface area contributed by atoms with Gasteiger partial charge >= 0.3 is 0 Å². The molecule has 1 fully saturated rings. The third-order valence-corrected chi connectivity index (χ3v) is 3.72. The van der Waals surface area contributed by atoms with Gasteiger partial charge in [0.25, 0.3) is 5.91 Å². The van der Waals surface area contributed by atoms with Gasteiger partial charge in [-0.15, -0.1) is 24.0 Å². The van der Waals surface area contributed by atoms with E-state index < -0.39 is 0 Å². The molecule has 0 spiro atoms. The number of nitrogens with zero attached hydrogens (tertiary/aromatic N) is 1. The number of hydrogen-bond acceptors (Lipinski definition) is 2. The van der Waals surface area contributed by atoms with E-state index in [2.05, 4.69) is 34.8 Å². The molecule has 1 aromatic rings. The first-order chi connectivity index (χ1) is 10.6. The maximum Gasteiger partial charge on any atom is 0.251 e. The summed E-state index contributed by atoms with van der Waals surface area (Å²) >= 11 is 0. The normalized spacial score (nSPS) is 19.5. The van der Waals surface area contributed by atoms with Crippen molar-refractivity contribution < 1.29 is 4.79 Å². The van der Waals surface area contributed by atoms with E-state index in [4.69, 9.17) is 0 Å². The third kappa shape index (κ3) is 6.37. The Morgan fingerprint density at radius 2 is 1.96 bits per heavy atom. The van der Waals surface area contributed by atoms with Gasteiger partial charge in [0.2, 0.25) is 0 Å². The van der Waals surface area contributed by atoms with E-state index in [9.17, 15) is 4.79 Å². The van der Waals surface area contributed by atoms with Crippen LogP contribution in [0.1, 0.15) is 43.1 Å². The Kier molecular flexibility index (Phi) is 8.36. The number of guanidine groups is 1. The summed E-state index contributed by atoms with van der Waals surface area (Å²) in [6, 6.07) is 8.17. The Hall–Kier alpha value is -1.31. The zero-order valence-corrected chi connectivity index (χ0v) is 16.4. The highest BCUT2D eigenvalue weighted by atomic mass is 127. The largest absolute Gasteiger partial charge is 0.357 e. The second-order valence-corrected chi connectivity index (χ2v) is 5.72. The lowest BCUT2D eigenvalue weighted by Gasteiger charge is -2.11. The van der Waals surface area contributed by atoms with Crippen molar-refractivity contribution in [2.75, 3.05) is 13.1 Å². The molecule has 0 radical (unpaired) electrons. The van der Waals surface area contributed by atoms with Crippen molar-refractivity contribution in [1.82, 2.24) is 16.0 Å². The quantitative estimate of drug-likeness (QED) is 0.369. The van der Waals surface area contributed by atoms with E-state index in [0.717, 1.165) is 24.0 Å². The van der Waals surface area contributed by atoms with E-state index in [-0.39, 0.29) is 29.9 Å². The smallest absolute Gasteiger partial charge is 0.251 e. The van der Waals surface area contributed by atoms with Crippen LogP contribution < -0.4 is 16.0 Å². The first-order valence-electron chi connectivity index (χ1n) is 8.06. The minimum atomic E-state index is -0.0369. The van der Waals surface area contributed by atoms with Crippen LogP contribution in [-0.2, 0) is 6.54 Å². The van der Waals surface area contributed by atoms with Gasteiger partial charge in [-0.25, -0.2) is 4.99 Å². The second-order valence-electron chi connectivity index (χ2n) is 5.72. The Bertz CT molecular complexity index is 547. The number of carbonyl (C=O) groups excluding carboxylic acids is 1. The fourth-order valence-corrected chi connectivity index (χ4v) is 2.26. The Labute approximate surface area is 155 Å². The summed E-state index contributed by atoms with van der Waals surface area (Å²) in [5, 5.41) is 9.51. The standard InChI is InChI=1S/C17H26N4O.HI/c1-4-18-16(22)14-8-6-7-13(10-14)11-20-17(19-5-2)21-15-9-12(15)3;/h6-8,10,12,15H,4-5,9,11H2,1-3H3,(H,18,22)(H2,19,20,21);1H. The Balaban J connectivity index is 0.00000264. The summed E-state index contributed by atoms with van der Waals surface area (Å²) in [6.45, 7) is 8.24. The Morgan fingerprint density at radius 1 is 1.26 bits per heavy atom. The van der Waals surface area contributed by atoms with Gasteiger partial charge in [-0.1, -0.05) is 19.1 Å². The van der Waals surface area contributed by atoms with Gasteiger partial charge < -0.3 is 16.0 Å². The molecule has 1 amide bonds. The molecular formula is C17H27IN4O. The van der Waals surface area contributed by atoms with Gasteiger partial charge in [0, 0.05) is 24.7 Å². The molecule has 1 aliphatic carbocycles. The molecule has 0 bridgehead atoms. The monoisotopic (exact) mass is 430 g/mol. The summed E-state index contributed by atoms with van der Waals surface area (Å²) in [5.74, 6) is 1.54. The molecule has 128 valence electrons. The molecule has 1 aliphatic rings. The fraction of sp³-hybridized carbons (Fsp3) is 0.529. The molecule has 0 saturated heterocycles. The third-order valence-electron chi connectivity index (χ3n) is 3.72. The van der Waals surface area contributed by atoms with Crippen LogP contribution in [0.25, 0.3) is 0 Å². The van der Waals surface area contributed by atoms with Gasteiger partial charge in [-0.3, -0.25) is 4.79 Å². The number of carbonyl (C=O) groups is 1. The van der Waals surface area contributed by atoms with Gasteiger partial charge in [0.1, 0.15) is 0 Å². The highest BCUT2D eigenvalue weighted by molar-refractivity contribution is 14.0. The summed E-state index contributed by atoms with van der Waals surface area (Å²) in [6.07, 6.45) is 1.21. The van der Waals surface area contributed by atoms with Crippen molar-refractivity contribution in [3.05, 3.63) is 35.4 Å². The number of hydrogen-bond donors (Lipinski definition) is 3. The summed E-state index contributed by atoms with van der Waals surface area (Å²) in [5.41, 5.74) is 1.72. The molecule has 2 rings (SSSR count). The average molecular weight is 430 g/mol. The highest BCUT2D eigenvalue weighted by Crippen LogP contribution is 2.28. The van der Waals surface area contributed by atoms with Crippen LogP contribution in [0.2, 0.25) is 0 Å². The molecule has 0 heterocycles. The predicted octanol–water partition coefficient (Wildman–Crippen LogP) is 2.52.